The van der Waals surface area contributed by atoms with E-state index in [1.54, 1.807) is 0 Å². The number of nitrogens with two attached hydrogens (primary N) is 1. The van der Waals surface area contributed by atoms with Crippen LogP contribution in [0, 0.1) is 6.92 Å². The van der Waals surface area contributed by atoms with Gasteiger partial charge in [-0.25, -0.2) is 0 Å². The van der Waals surface area contributed by atoms with Crippen molar-refractivity contribution >= 4 is 27.3 Å². The van der Waals surface area contributed by atoms with Crippen molar-refractivity contribution in [1.82, 2.24) is 0 Å². The average Bonchev–Trinajstić information content (AvgIpc) is 2.38. The molecule has 0 aromatic heterocycles. The minimum atomic E-state index is 0.855. The first-order valence-corrected chi connectivity index (χ1v) is 7.31. The number of hydrogen-bond donors (Lipinski definition) is 1. The summed E-state index contributed by atoms with van der Waals surface area (Å²) in [7, 11) is 0. The summed E-state index contributed by atoms with van der Waals surface area (Å²) in [5, 5.41) is 0. The third-order valence-electron chi connectivity index (χ3n) is 3.74. The Bertz CT molecular complexity index is 622. The van der Waals surface area contributed by atoms with Gasteiger partial charge in [0.05, 0.1) is 0 Å². The predicted octanol–water partition coefficient (Wildman–Crippen LogP) is 3.90. The Labute approximate surface area is 122 Å². The molecule has 2 aromatic carbocycles. The Kier molecular flexibility index (Phi) is 3.23. The normalized spacial score (nSPS) is 14.3. The summed E-state index contributed by atoms with van der Waals surface area (Å²) in [6.07, 6.45) is 1.09. The molecule has 0 unspecified atom stereocenters. The summed E-state index contributed by atoms with van der Waals surface area (Å²) >= 11 is 3.52. The van der Waals surface area contributed by atoms with E-state index in [0.29, 0.717) is 0 Å². The fourth-order valence-electron chi connectivity index (χ4n) is 2.76. The number of aryl methyl sites for hydroxylation is 1. The molecule has 98 valence electrons. The first kappa shape index (κ1) is 12.5. The van der Waals surface area contributed by atoms with Crippen LogP contribution in [-0.2, 0) is 13.0 Å². The van der Waals surface area contributed by atoms with Gasteiger partial charge < -0.3 is 10.6 Å². The Morgan fingerprint density at radius 3 is 2.74 bits per heavy atom. The van der Waals surface area contributed by atoms with Crippen molar-refractivity contribution in [3.05, 3.63) is 57.6 Å². The summed E-state index contributed by atoms with van der Waals surface area (Å²) in [6, 6.07) is 12.7. The van der Waals surface area contributed by atoms with Crippen molar-refractivity contribution in [2.75, 3.05) is 17.2 Å². The Morgan fingerprint density at radius 1 is 1.11 bits per heavy atom. The monoisotopic (exact) mass is 316 g/mol. The van der Waals surface area contributed by atoms with E-state index < -0.39 is 0 Å². The van der Waals surface area contributed by atoms with E-state index in [1.807, 2.05) is 6.07 Å². The van der Waals surface area contributed by atoms with Crippen LogP contribution < -0.4 is 10.6 Å². The van der Waals surface area contributed by atoms with Gasteiger partial charge in [-0.2, -0.15) is 0 Å². The van der Waals surface area contributed by atoms with Gasteiger partial charge in [0.25, 0.3) is 0 Å². The van der Waals surface area contributed by atoms with E-state index in [2.05, 4.69) is 58.1 Å². The van der Waals surface area contributed by atoms with Gasteiger partial charge in [-0.3, -0.25) is 0 Å². The maximum Gasteiger partial charge on any atom is 0.0433 e. The van der Waals surface area contributed by atoms with Crippen molar-refractivity contribution in [3.63, 3.8) is 0 Å². The lowest BCUT2D eigenvalue weighted by Crippen LogP contribution is -2.30. The van der Waals surface area contributed by atoms with Crippen molar-refractivity contribution in [2.45, 2.75) is 19.9 Å². The molecule has 0 bridgehead atoms. The fourth-order valence-corrected chi connectivity index (χ4v) is 3.23. The number of fused-ring (bicyclic) bond motifs is 1. The van der Waals surface area contributed by atoms with Crippen molar-refractivity contribution in [2.24, 2.45) is 0 Å². The molecular formula is C16H17BrN2. The van der Waals surface area contributed by atoms with Crippen molar-refractivity contribution < 1.29 is 0 Å². The molecule has 1 aliphatic heterocycles. The highest BCUT2D eigenvalue weighted by atomic mass is 79.9. The molecule has 2 aromatic rings. The van der Waals surface area contributed by atoms with Crippen molar-refractivity contribution in [3.8, 4) is 0 Å². The highest BCUT2D eigenvalue weighted by Gasteiger charge is 2.17. The van der Waals surface area contributed by atoms with Crippen LogP contribution in [0.1, 0.15) is 16.7 Å². The van der Waals surface area contributed by atoms with Crippen LogP contribution >= 0.6 is 15.9 Å². The van der Waals surface area contributed by atoms with Crippen LogP contribution in [0.3, 0.4) is 0 Å². The zero-order valence-corrected chi connectivity index (χ0v) is 12.6. The van der Waals surface area contributed by atoms with Crippen LogP contribution in [0.5, 0.6) is 0 Å². The van der Waals surface area contributed by atoms with Gasteiger partial charge in [0.15, 0.2) is 0 Å². The van der Waals surface area contributed by atoms with Crippen LogP contribution in [0.15, 0.2) is 40.9 Å². The van der Waals surface area contributed by atoms with Gasteiger partial charge in [-0.05, 0) is 60.4 Å². The van der Waals surface area contributed by atoms with Crippen LogP contribution in [0.25, 0.3) is 0 Å². The lowest BCUT2D eigenvalue weighted by Gasteiger charge is -2.32. The predicted molar refractivity (Wildman–Crippen MR) is 84.5 cm³/mol. The Morgan fingerprint density at radius 2 is 1.95 bits per heavy atom. The topological polar surface area (TPSA) is 29.3 Å². The van der Waals surface area contributed by atoms with E-state index in [9.17, 15) is 0 Å². The standard InChI is InChI=1S/C16H17BrN2/c1-11-8-14(17)3-5-16(11)19-7-6-12-2-4-15(18)9-13(12)10-19/h2-5,8-9H,6-7,10,18H2,1H3. The van der Waals surface area contributed by atoms with E-state index >= 15 is 0 Å². The molecule has 1 aliphatic rings. The van der Waals surface area contributed by atoms with E-state index in [4.69, 9.17) is 5.73 Å². The number of anilines is 2. The molecule has 0 radical (unpaired) electrons. The number of hydrogen-bond acceptors (Lipinski definition) is 2. The second-order valence-corrected chi connectivity index (χ2v) is 6.05. The van der Waals surface area contributed by atoms with Gasteiger partial charge in [0.1, 0.15) is 0 Å². The largest absolute Gasteiger partial charge is 0.399 e. The second-order valence-electron chi connectivity index (χ2n) is 5.13. The van der Waals surface area contributed by atoms with Gasteiger partial charge in [-0.15, -0.1) is 0 Å². The number of halogens is 1. The van der Waals surface area contributed by atoms with Gasteiger partial charge >= 0.3 is 0 Å². The number of benzene rings is 2. The molecule has 0 saturated carbocycles. The van der Waals surface area contributed by atoms with Gasteiger partial charge in [0.2, 0.25) is 0 Å². The van der Waals surface area contributed by atoms with E-state index in [-0.39, 0.29) is 0 Å². The highest BCUT2D eigenvalue weighted by Crippen LogP contribution is 2.29. The molecule has 2 nitrogen and oxygen atoms in total. The third-order valence-corrected chi connectivity index (χ3v) is 4.24. The van der Waals surface area contributed by atoms with E-state index in [0.717, 1.165) is 29.7 Å². The zero-order valence-electron chi connectivity index (χ0n) is 11.0. The average molecular weight is 317 g/mol. The molecule has 0 atom stereocenters. The summed E-state index contributed by atoms with van der Waals surface area (Å²) in [4.78, 5) is 2.43. The Balaban J connectivity index is 1.93. The molecule has 0 spiro atoms. The molecule has 0 saturated heterocycles. The third kappa shape index (κ3) is 2.47. The number of nitrogen functional groups attached to an aromatic ring is 1. The first-order chi connectivity index (χ1) is 9.13. The molecule has 0 amide bonds. The molecule has 0 fully saturated rings. The minimum absolute atomic E-state index is 0.855. The van der Waals surface area contributed by atoms with Crippen LogP contribution in [0.2, 0.25) is 0 Å². The maximum atomic E-state index is 5.89. The smallest absolute Gasteiger partial charge is 0.0433 e. The molecule has 3 rings (SSSR count). The van der Waals surface area contributed by atoms with E-state index in [1.165, 1.54) is 22.4 Å². The Hall–Kier alpha value is -1.48. The SMILES string of the molecule is Cc1cc(Br)ccc1N1CCc2ccc(N)cc2C1. The first-order valence-electron chi connectivity index (χ1n) is 6.52. The lowest BCUT2D eigenvalue weighted by atomic mass is 9.98. The maximum absolute atomic E-state index is 5.89. The summed E-state index contributed by atoms with van der Waals surface area (Å²) in [5.74, 6) is 0. The molecule has 2 N–H and O–H groups in total. The lowest BCUT2D eigenvalue weighted by molar-refractivity contribution is 0.730. The summed E-state index contributed by atoms with van der Waals surface area (Å²) in [5.41, 5.74) is 12.2. The molecule has 0 aliphatic carbocycles. The summed E-state index contributed by atoms with van der Waals surface area (Å²) in [6.45, 7) is 4.18. The molecule has 3 heteroatoms. The number of rotatable bonds is 1. The highest BCUT2D eigenvalue weighted by molar-refractivity contribution is 9.10. The van der Waals surface area contributed by atoms with Gasteiger partial charge in [0, 0.05) is 28.9 Å². The van der Waals surface area contributed by atoms with Crippen LogP contribution in [0.4, 0.5) is 11.4 Å². The molecule has 19 heavy (non-hydrogen) atoms. The molecular weight excluding hydrogens is 300 g/mol. The summed E-state index contributed by atoms with van der Waals surface area (Å²) < 4.78 is 1.13. The minimum Gasteiger partial charge on any atom is -0.399 e. The van der Waals surface area contributed by atoms with Gasteiger partial charge in [-0.1, -0.05) is 22.0 Å². The van der Waals surface area contributed by atoms with Crippen molar-refractivity contribution in [1.29, 1.82) is 0 Å². The van der Waals surface area contributed by atoms with Crippen LogP contribution in [-0.4, -0.2) is 6.54 Å². The zero-order chi connectivity index (χ0) is 13.4. The number of nitrogens with zero attached hydrogens (tertiary/aromatic N) is 1. The quantitative estimate of drug-likeness (QED) is 0.808. The fraction of sp³-hybridized carbons (Fsp3) is 0.250. The second kappa shape index (κ2) is 4.89. The molecule has 1 heterocycles.